The Morgan fingerprint density at radius 1 is 1.15 bits per heavy atom. The van der Waals surface area contributed by atoms with Crippen molar-refractivity contribution in [1.82, 2.24) is 9.80 Å². The lowest BCUT2D eigenvalue weighted by Crippen LogP contribution is -2.48. The van der Waals surface area contributed by atoms with E-state index in [9.17, 15) is 4.79 Å². The fourth-order valence-corrected chi connectivity index (χ4v) is 5.18. The minimum Gasteiger partial charge on any atom is -0.497 e. The van der Waals surface area contributed by atoms with E-state index in [1.807, 2.05) is 6.07 Å². The summed E-state index contributed by atoms with van der Waals surface area (Å²) in [6, 6.07) is 8.97. The minimum absolute atomic E-state index is 0.323. The highest BCUT2D eigenvalue weighted by atomic mass is 16.5. The minimum atomic E-state index is 0.323. The van der Waals surface area contributed by atoms with Crippen molar-refractivity contribution in [2.75, 3.05) is 33.3 Å². The molecule has 2 aliphatic heterocycles. The molecule has 2 saturated carbocycles. The van der Waals surface area contributed by atoms with E-state index in [0.717, 1.165) is 50.6 Å². The molecule has 2 heterocycles. The summed E-state index contributed by atoms with van der Waals surface area (Å²) < 4.78 is 5.46. The van der Waals surface area contributed by atoms with Crippen LogP contribution in [0.3, 0.4) is 0 Å². The second-order valence-corrected chi connectivity index (χ2v) is 8.87. The summed E-state index contributed by atoms with van der Waals surface area (Å²) in [6.07, 6.45) is 6.18. The average Bonchev–Trinajstić information content (AvgIpc) is 3.59. The van der Waals surface area contributed by atoms with Gasteiger partial charge in [-0.2, -0.15) is 0 Å². The lowest BCUT2D eigenvalue weighted by molar-refractivity contribution is -0.134. The van der Waals surface area contributed by atoms with Gasteiger partial charge in [-0.25, -0.2) is 0 Å². The van der Waals surface area contributed by atoms with E-state index in [1.54, 1.807) is 7.11 Å². The number of carbonyl (C=O) groups is 1. The van der Waals surface area contributed by atoms with Crippen LogP contribution in [0.4, 0.5) is 0 Å². The number of benzene rings is 1. The van der Waals surface area contributed by atoms with E-state index >= 15 is 0 Å². The Kier molecular flexibility index (Phi) is 4.19. The van der Waals surface area contributed by atoms with Gasteiger partial charge in [-0.1, -0.05) is 12.1 Å². The lowest BCUT2D eigenvalue weighted by Gasteiger charge is -2.39. The van der Waals surface area contributed by atoms with Gasteiger partial charge in [-0.05, 0) is 55.7 Å². The van der Waals surface area contributed by atoms with Gasteiger partial charge in [0.15, 0.2) is 0 Å². The van der Waals surface area contributed by atoms with Crippen molar-refractivity contribution >= 4 is 5.91 Å². The highest BCUT2D eigenvalue weighted by Crippen LogP contribution is 2.45. The van der Waals surface area contributed by atoms with Crippen LogP contribution in [0.5, 0.6) is 5.75 Å². The number of methoxy groups -OCH3 is 1. The van der Waals surface area contributed by atoms with Gasteiger partial charge >= 0.3 is 0 Å². The van der Waals surface area contributed by atoms with Crippen molar-refractivity contribution < 1.29 is 9.53 Å². The number of carbonyl (C=O) groups excluding carboxylic acids is 1. The Bertz CT molecular complexity index is 682. The van der Waals surface area contributed by atoms with Gasteiger partial charge in [0, 0.05) is 50.0 Å². The zero-order valence-electron chi connectivity index (χ0n) is 15.8. The van der Waals surface area contributed by atoms with Gasteiger partial charge in [0.25, 0.3) is 0 Å². The molecule has 5 rings (SSSR count). The van der Waals surface area contributed by atoms with Gasteiger partial charge in [0.05, 0.1) is 7.11 Å². The molecule has 1 aromatic rings. The summed E-state index contributed by atoms with van der Waals surface area (Å²) in [5.74, 6) is 3.63. The molecule has 2 aliphatic carbocycles. The summed E-state index contributed by atoms with van der Waals surface area (Å²) in [4.78, 5) is 17.9. The van der Waals surface area contributed by atoms with Crippen molar-refractivity contribution in [2.45, 2.75) is 44.1 Å². The van der Waals surface area contributed by atoms with Gasteiger partial charge in [-0.15, -0.1) is 0 Å². The molecule has 0 N–H and O–H groups in total. The molecule has 4 fully saturated rings. The predicted octanol–water partition coefficient (Wildman–Crippen LogP) is 3.13. The number of rotatable bonds is 5. The van der Waals surface area contributed by atoms with Gasteiger partial charge in [-0.3, -0.25) is 4.79 Å². The Morgan fingerprint density at radius 3 is 2.73 bits per heavy atom. The molecular formula is C22H30N2O2. The monoisotopic (exact) mass is 354 g/mol. The van der Waals surface area contributed by atoms with Crippen molar-refractivity contribution in [1.29, 1.82) is 0 Å². The first-order valence-electron chi connectivity index (χ1n) is 10.4. The van der Waals surface area contributed by atoms with Gasteiger partial charge in [0.2, 0.25) is 5.91 Å². The van der Waals surface area contributed by atoms with E-state index in [0.29, 0.717) is 29.7 Å². The number of piperidine rings is 1. The molecule has 0 spiro atoms. The molecule has 1 aromatic carbocycles. The average molecular weight is 354 g/mol. The predicted molar refractivity (Wildman–Crippen MR) is 101 cm³/mol. The number of hydrogen-bond donors (Lipinski definition) is 0. The zero-order chi connectivity index (χ0) is 17.7. The molecule has 0 bridgehead atoms. The number of amides is 1. The molecule has 2 saturated heterocycles. The topological polar surface area (TPSA) is 32.8 Å². The van der Waals surface area contributed by atoms with E-state index in [2.05, 4.69) is 28.0 Å². The zero-order valence-corrected chi connectivity index (χ0v) is 15.8. The number of hydrogen-bond acceptors (Lipinski definition) is 3. The summed E-state index contributed by atoms with van der Waals surface area (Å²) in [6.45, 7) is 4.48. The maximum absolute atomic E-state index is 12.9. The van der Waals surface area contributed by atoms with Crippen LogP contribution < -0.4 is 4.74 Å². The molecular weight excluding hydrogens is 324 g/mol. The third-order valence-corrected chi connectivity index (χ3v) is 6.96. The standard InChI is InChI=1S/C22H30N2O2/c1-26-18-4-2-3-17(11-18)19-14-24(22(25)16-7-8-16)21-9-10-23(13-20(19)21)12-15-5-6-15/h2-4,11,15-16,19-21H,5-10,12-14H2,1H3/t19-,20-,21-/m1/s1. The third-order valence-electron chi connectivity index (χ3n) is 6.96. The van der Waals surface area contributed by atoms with Crippen LogP contribution >= 0.6 is 0 Å². The number of nitrogens with zero attached hydrogens (tertiary/aromatic N) is 2. The Hall–Kier alpha value is -1.55. The van der Waals surface area contributed by atoms with Gasteiger partial charge in [0.1, 0.15) is 5.75 Å². The SMILES string of the molecule is COc1cccc([C@H]2CN(C(=O)C3CC3)[C@@H]3CCN(CC4CC4)C[C@H]23)c1. The maximum Gasteiger partial charge on any atom is 0.225 e. The van der Waals surface area contributed by atoms with Crippen LogP contribution in [0, 0.1) is 17.8 Å². The molecule has 4 nitrogen and oxygen atoms in total. The van der Waals surface area contributed by atoms with Crippen LogP contribution in [0.1, 0.15) is 43.6 Å². The first-order valence-corrected chi connectivity index (χ1v) is 10.4. The first-order chi connectivity index (χ1) is 12.7. The fraction of sp³-hybridized carbons (Fsp3) is 0.682. The van der Waals surface area contributed by atoms with Crippen molar-refractivity contribution in [3.8, 4) is 5.75 Å². The largest absolute Gasteiger partial charge is 0.497 e. The lowest BCUT2D eigenvalue weighted by atomic mass is 9.81. The third kappa shape index (κ3) is 3.13. The van der Waals surface area contributed by atoms with Gasteiger partial charge < -0.3 is 14.5 Å². The second-order valence-electron chi connectivity index (χ2n) is 8.87. The summed E-state index contributed by atoms with van der Waals surface area (Å²) in [7, 11) is 1.73. The summed E-state index contributed by atoms with van der Waals surface area (Å²) in [5.41, 5.74) is 1.35. The summed E-state index contributed by atoms with van der Waals surface area (Å²) in [5, 5.41) is 0. The molecule has 0 radical (unpaired) electrons. The maximum atomic E-state index is 12.9. The van der Waals surface area contributed by atoms with Crippen LogP contribution in [0.2, 0.25) is 0 Å². The van der Waals surface area contributed by atoms with E-state index < -0.39 is 0 Å². The molecule has 4 aliphatic rings. The Labute approximate surface area is 156 Å². The van der Waals surface area contributed by atoms with Crippen LogP contribution in [0.25, 0.3) is 0 Å². The molecule has 4 heteroatoms. The molecule has 3 atom stereocenters. The highest BCUT2D eigenvalue weighted by Gasteiger charge is 2.49. The van der Waals surface area contributed by atoms with Crippen LogP contribution in [-0.2, 0) is 4.79 Å². The van der Waals surface area contributed by atoms with E-state index in [-0.39, 0.29) is 0 Å². The van der Waals surface area contributed by atoms with Crippen LogP contribution in [-0.4, -0.2) is 55.0 Å². The quantitative estimate of drug-likeness (QED) is 0.814. The van der Waals surface area contributed by atoms with Crippen molar-refractivity contribution in [3.05, 3.63) is 29.8 Å². The molecule has 0 aromatic heterocycles. The number of fused-ring (bicyclic) bond motifs is 1. The molecule has 1 amide bonds. The molecule has 140 valence electrons. The number of ether oxygens (including phenoxy) is 1. The molecule has 0 unspecified atom stereocenters. The fourth-order valence-electron chi connectivity index (χ4n) is 5.18. The van der Waals surface area contributed by atoms with Crippen molar-refractivity contribution in [3.63, 3.8) is 0 Å². The van der Waals surface area contributed by atoms with E-state index in [4.69, 9.17) is 4.74 Å². The van der Waals surface area contributed by atoms with E-state index in [1.165, 1.54) is 24.9 Å². The summed E-state index contributed by atoms with van der Waals surface area (Å²) >= 11 is 0. The number of likely N-dealkylation sites (tertiary alicyclic amines) is 2. The second kappa shape index (κ2) is 6.56. The first kappa shape index (κ1) is 16.6. The Balaban J connectivity index is 1.40. The highest BCUT2D eigenvalue weighted by molar-refractivity contribution is 5.82. The molecule has 26 heavy (non-hydrogen) atoms. The van der Waals surface area contributed by atoms with Crippen molar-refractivity contribution in [2.24, 2.45) is 17.8 Å². The normalized spacial score (nSPS) is 31.7. The smallest absolute Gasteiger partial charge is 0.225 e. The van der Waals surface area contributed by atoms with Crippen LogP contribution in [0.15, 0.2) is 24.3 Å². The Morgan fingerprint density at radius 2 is 2.00 bits per heavy atom.